The van der Waals surface area contributed by atoms with Gasteiger partial charge in [0.25, 0.3) is 11.6 Å². The number of nitro benzene ring substituents is 1. The van der Waals surface area contributed by atoms with Crippen LogP contribution in [0.1, 0.15) is 24.1 Å². The van der Waals surface area contributed by atoms with E-state index in [1.165, 1.54) is 17.0 Å². The van der Waals surface area contributed by atoms with Crippen LogP contribution in [0.25, 0.3) is 0 Å². The molecule has 1 aliphatic heterocycles. The molecule has 1 N–H and O–H groups in total. The van der Waals surface area contributed by atoms with Crippen LogP contribution in [0.4, 0.5) is 11.4 Å². The zero-order valence-corrected chi connectivity index (χ0v) is 17.5. The Bertz CT molecular complexity index is 998. The van der Waals surface area contributed by atoms with Crippen LogP contribution in [0.2, 0.25) is 0 Å². The number of hydrogen-bond donors (Lipinski definition) is 1. The molecule has 150 valence electrons. The van der Waals surface area contributed by atoms with Crippen molar-refractivity contribution in [2.45, 2.75) is 19.9 Å². The lowest BCUT2D eigenvalue weighted by Gasteiger charge is -2.38. The minimum atomic E-state index is -0.500. The van der Waals surface area contributed by atoms with Gasteiger partial charge in [-0.1, -0.05) is 17.7 Å². The van der Waals surface area contributed by atoms with Crippen molar-refractivity contribution < 1.29 is 9.72 Å². The summed E-state index contributed by atoms with van der Waals surface area (Å²) in [6, 6.07) is 13.5. The molecule has 0 spiro atoms. The van der Waals surface area contributed by atoms with E-state index in [2.05, 4.69) is 5.32 Å². The van der Waals surface area contributed by atoms with E-state index in [-0.39, 0.29) is 11.6 Å². The van der Waals surface area contributed by atoms with Crippen LogP contribution in [0.15, 0.2) is 59.8 Å². The van der Waals surface area contributed by atoms with Crippen molar-refractivity contribution in [1.82, 2.24) is 10.2 Å². The number of hydrogen-bond acceptors (Lipinski definition) is 4. The summed E-state index contributed by atoms with van der Waals surface area (Å²) in [6.45, 7) is 3.87. The van der Waals surface area contributed by atoms with E-state index in [4.69, 9.17) is 12.2 Å². The molecular formula is C21H22N4O3S. The number of aryl methyl sites for hydroxylation is 1. The van der Waals surface area contributed by atoms with Crippen molar-refractivity contribution in [3.63, 3.8) is 0 Å². The molecule has 0 unspecified atom stereocenters. The van der Waals surface area contributed by atoms with Crippen molar-refractivity contribution >= 4 is 34.6 Å². The second kappa shape index (κ2) is 8.00. The predicted octanol–water partition coefficient (Wildman–Crippen LogP) is 3.70. The minimum absolute atomic E-state index is 0.00499. The highest BCUT2D eigenvalue weighted by Crippen LogP contribution is 2.34. The first-order valence-corrected chi connectivity index (χ1v) is 9.45. The number of thiocarbonyl (C=S) groups is 1. The van der Waals surface area contributed by atoms with Crippen LogP contribution in [0.3, 0.4) is 0 Å². The van der Waals surface area contributed by atoms with Crippen molar-refractivity contribution in [3.8, 4) is 0 Å². The van der Waals surface area contributed by atoms with Gasteiger partial charge in [0.1, 0.15) is 0 Å². The van der Waals surface area contributed by atoms with E-state index in [0.717, 1.165) is 22.5 Å². The Hall–Kier alpha value is -3.26. The smallest absolute Gasteiger partial charge is 0.269 e. The first-order chi connectivity index (χ1) is 13.7. The molecule has 0 saturated carbocycles. The van der Waals surface area contributed by atoms with Gasteiger partial charge < -0.3 is 10.2 Å². The molecule has 0 fully saturated rings. The van der Waals surface area contributed by atoms with Gasteiger partial charge in [0.2, 0.25) is 0 Å². The SMILES string of the molecule is CC1=C(C(=O)N(C)C)[C@H](c2ccc([N+](=O)[O-])cc2)NC(=S)N1c1ccc(C)cc1. The molecule has 2 aromatic rings. The van der Waals surface area contributed by atoms with Gasteiger partial charge in [-0.3, -0.25) is 19.8 Å². The van der Waals surface area contributed by atoms with E-state index in [0.29, 0.717) is 10.7 Å². The summed E-state index contributed by atoms with van der Waals surface area (Å²) in [6.07, 6.45) is 0. The number of likely N-dealkylation sites (N-methyl/N-ethyl adjacent to an activating group) is 1. The fraction of sp³-hybridized carbons (Fsp3) is 0.238. The lowest BCUT2D eigenvalue weighted by atomic mass is 9.93. The number of nitro groups is 1. The van der Waals surface area contributed by atoms with Gasteiger partial charge in [-0.25, -0.2) is 0 Å². The van der Waals surface area contributed by atoms with Crippen molar-refractivity contribution in [3.05, 3.63) is 81.0 Å². The largest absolute Gasteiger partial charge is 0.351 e. The second-order valence-electron chi connectivity index (χ2n) is 7.10. The Labute approximate surface area is 174 Å². The summed E-state index contributed by atoms with van der Waals surface area (Å²) in [5.74, 6) is -0.155. The van der Waals surface area contributed by atoms with Crippen LogP contribution in [0.5, 0.6) is 0 Å². The second-order valence-corrected chi connectivity index (χ2v) is 7.49. The topological polar surface area (TPSA) is 78.7 Å². The summed E-state index contributed by atoms with van der Waals surface area (Å²) >= 11 is 5.62. The molecule has 7 nitrogen and oxygen atoms in total. The third-order valence-corrected chi connectivity index (χ3v) is 5.15. The monoisotopic (exact) mass is 410 g/mol. The molecule has 0 bridgehead atoms. The Balaban J connectivity index is 2.12. The molecule has 1 aliphatic rings. The van der Waals surface area contributed by atoms with Gasteiger partial charge in [-0.15, -0.1) is 0 Å². The van der Waals surface area contributed by atoms with Gasteiger partial charge in [0.05, 0.1) is 16.5 Å². The lowest BCUT2D eigenvalue weighted by Crippen LogP contribution is -2.49. The third kappa shape index (κ3) is 3.97. The quantitative estimate of drug-likeness (QED) is 0.470. The maximum Gasteiger partial charge on any atom is 0.269 e. The predicted molar refractivity (Wildman–Crippen MR) is 117 cm³/mol. The summed E-state index contributed by atoms with van der Waals surface area (Å²) in [7, 11) is 3.39. The fourth-order valence-corrected chi connectivity index (χ4v) is 3.66. The molecule has 1 amide bonds. The number of anilines is 1. The molecular weight excluding hydrogens is 388 g/mol. The van der Waals surface area contributed by atoms with Gasteiger partial charge >= 0.3 is 0 Å². The zero-order valence-electron chi connectivity index (χ0n) is 16.7. The molecule has 0 aromatic heterocycles. The zero-order chi connectivity index (χ0) is 21.3. The highest BCUT2D eigenvalue weighted by atomic mass is 32.1. The summed E-state index contributed by atoms with van der Waals surface area (Å²) in [5, 5.41) is 14.7. The van der Waals surface area contributed by atoms with Gasteiger partial charge in [0.15, 0.2) is 5.11 Å². The number of carbonyl (C=O) groups is 1. The number of nitrogens with zero attached hydrogens (tertiary/aromatic N) is 3. The van der Waals surface area contributed by atoms with E-state index in [1.54, 1.807) is 26.2 Å². The average Bonchev–Trinajstić information content (AvgIpc) is 2.68. The minimum Gasteiger partial charge on any atom is -0.351 e. The van der Waals surface area contributed by atoms with Crippen LogP contribution in [-0.4, -0.2) is 34.9 Å². The first kappa shape index (κ1) is 20.5. The highest BCUT2D eigenvalue weighted by Gasteiger charge is 2.35. The van der Waals surface area contributed by atoms with E-state index in [1.807, 2.05) is 43.0 Å². The number of carbonyl (C=O) groups excluding carboxylic acids is 1. The number of nitrogens with one attached hydrogen (secondary N) is 1. The van der Waals surface area contributed by atoms with E-state index in [9.17, 15) is 14.9 Å². The Morgan fingerprint density at radius 2 is 1.69 bits per heavy atom. The molecule has 1 atom stereocenters. The number of allylic oxidation sites excluding steroid dienone is 1. The molecule has 0 aliphatic carbocycles. The maximum atomic E-state index is 13.1. The van der Waals surface area contributed by atoms with Gasteiger partial charge in [-0.2, -0.15) is 0 Å². The van der Waals surface area contributed by atoms with Gasteiger partial charge in [0, 0.05) is 37.6 Å². The first-order valence-electron chi connectivity index (χ1n) is 9.04. The lowest BCUT2D eigenvalue weighted by molar-refractivity contribution is -0.384. The van der Waals surface area contributed by atoms with Crippen molar-refractivity contribution in [2.75, 3.05) is 19.0 Å². The molecule has 0 saturated heterocycles. The molecule has 2 aromatic carbocycles. The molecule has 29 heavy (non-hydrogen) atoms. The molecule has 0 radical (unpaired) electrons. The standard InChI is InChI=1S/C21H22N4O3S/c1-13-5-9-16(10-6-13)24-14(2)18(20(26)23(3)4)19(22-21(24)29)15-7-11-17(12-8-15)25(27)28/h5-12,19H,1-4H3,(H,22,29)/t19-/m0/s1. The summed E-state index contributed by atoms with van der Waals surface area (Å²) in [4.78, 5) is 26.9. The summed E-state index contributed by atoms with van der Waals surface area (Å²) < 4.78 is 0. The normalized spacial score (nSPS) is 16.5. The molecule has 8 heteroatoms. The Morgan fingerprint density at radius 3 is 2.21 bits per heavy atom. The van der Waals surface area contributed by atoms with E-state index < -0.39 is 11.0 Å². The van der Waals surface area contributed by atoms with E-state index >= 15 is 0 Å². The maximum absolute atomic E-state index is 13.1. The van der Waals surface area contributed by atoms with Crippen LogP contribution >= 0.6 is 12.2 Å². The molecule has 1 heterocycles. The highest BCUT2D eigenvalue weighted by molar-refractivity contribution is 7.80. The number of rotatable bonds is 4. The third-order valence-electron chi connectivity index (χ3n) is 4.85. The number of benzene rings is 2. The van der Waals surface area contributed by atoms with Crippen molar-refractivity contribution in [2.24, 2.45) is 0 Å². The number of amides is 1. The summed E-state index contributed by atoms with van der Waals surface area (Å²) in [5.41, 5.74) is 3.97. The van der Waals surface area contributed by atoms with Crippen LogP contribution in [-0.2, 0) is 4.79 Å². The Morgan fingerprint density at radius 1 is 1.10 bits per heavy atom. The van der Waals surface area contributed by atoms with Crippen LogP contribution < -0.4 is 10.2 Å². The fourth-order valence-electron chi connectivity index (χ4n) is 3.30. The van der Waals surface area contributed by atoms with Gasteiger partial charge in [-0.05, 0) is 55.9 Å². The average molecular weight is 410 g/mol. The van der Waals surface area contributed by atoms with Crippen LogP contribution in [0, 0.1) is 17.0 Å². The van der Waals surface area contributed by atoms with Crippen molar-refractivity contribution in [1.29, 1.82) is 0 Å². The molecule has 3 rings (SSSR count). The Kier molecular flexibility index (Phi) is 5.65. The number of non-ortho nitro benzene ring substituents is 1.